The number of benzene rings is 1. The number of hydrogen-bond acceptors (Lipinski definition) is 3. The van der Waals surface area contributed by atoms with Crippen molar-refractivity contribution in [1.29, 1.82) is 0 Å². The van der Waals surface area contributed by atoms with Gasteiger partial charge in [0, 0.05) is 29.5 Å². The van der Waals surface area contributed by atoms with Crippen LogP contribution < -0.4 is 10.6 Å². The summed E-state index contributed by atoms with van der Waals surface area (Å²) in [5.41, 5.74) is 0.386. The Hall–Kier alpha value is -2.67. The van der Waals surface area contributed by atoms with E-state index in [9.17, 15) is 19.1 Å². The molecule has 0 saturated heterocycles. The van der Waals surface area contributed by atoms with Gasteiger partial charge < -0.3 is 20.3 Å². The fourth-order valence-electron chi connectivity index (χ4n) is 3.51. The number of anilines is 1. The van der Waals surface area contributed by atoms with Gasteiger partial charge in [0.1, 0.15) is 11.5 Å². The first-order chi connectivity index (χ1) is 13.2. The van der Waals surface area contributed by atoms with Crippen molar-refractivity contribution < 1.29 is 19.1 Å². The lowest BCUT2D eigenvalue weighted by atomic mass is 9.90. The van der Waals surface area contributed by atoms with Gasteiger partial charge in [0.2, 0.25) is 0 Å². The smallest absolute Gasteiger partial charge is 0.272 e. The van der Waals surface area contributed by atoms with Gasteiger partial charge in [0.15, 0.2) is 5.60 Å². The van der Waals surface area contributed by atoms with Crippen LogP contribution in [0.5, 0.6) is 0 Å². The number of amides is 2. The molecule has 0 bridgehead atoms. The van der Waals surface area contributed by atoms with Crippen LogP contribution in [0.4, 0.5) is 10.1 Å². The summed E-state index contributed by atoms with van der Waals surface area (Å²) in [7, 11) is 1.70. The largest absolute Gasteiger partial charge is 0.375 e. The summed E-state index contributed by atoms with van der Waals surface area (Å²) in [6, 6.07) is 4.33. The zero-order valence-electron chi connectivity index (χ0n) is 18.3. The molecule has 1 aromatic heterocycles. The summed E-state index contributed by atoms with van der Waals surface area (Å²) in [6.07, 6.45) is 0. The highest BCUT2D eigenvalue weighted by Crippen LogP contribution is 2.32. The number of aryl methyl sites for hydroxylation is 1. The highest BCUT2D eigenvalue weighted by Gasteiger charge is 2.40. The van der Waals surface area contributed by atoms with Gasteiger partial charge in [-0.3, -0.25) is 9.59 Å². The lowest BCUT2D eigenvalue weighted by molar-refractivity contribution is -0.140. The van der Waals surface area contributed by atoms with Crippen molar-refractivity contribution in [2.75, 3.05) is 5.32 Å². The number of nitrogens with one attached hydrogen (secondary N) is 2. The third-order valence-electron chi connectivity index (χ3n) is 4.98. The maximum Gasteiger partial charge on any atom is 0.272 e. The zero-order valence-corrected chi connectivity index (χ0v) is 18.3. The molecule has 0 radical (unpaired) electrons. The van der Waals surface area contributed by atoms with Crippen LogP contribution in [0.25, 0.3) is 0 Å². The van der Waals surface area contributed by atoms with Crippen molar-refractivity contribution in [3.63, 3.8) is 0 Å². The molecule has 0 aliphatic carbocycles. The van der Waals surface area contributed by atoms with E-state index in [-0.39, 0.29) is 5.82 Å². The van der Waals surface area contributed by atoms with Crippen LogP contribution in [-0.2, 0) is 17.4 Å². The molecule has 1 aromatic carbocycles. The maximum atomic E-state index is 13.5. The molecule has 158 valence electrons. The summed E-state index contributed by atoms with van der Waals surface area (Å²) < 4.78 is 15.1. The zero-order chi connectivity index (χ0) is 22.3. The minimum atomic E-state index is -1.82. The molecule has 1 unspecified atom stereocenters. The molecule has 0 aliphatic rings. The minimum absolute atomic E-state index is 0.323. The number of nitrogens with zero attached hydrogens (tertiary/aromatic N) is 1. The third kappa shape index (κ3) is 4.50. The molecule has 2 amide bonds. The Morgan fingerprint density at radius 1 is 1.10 bits per heavy atom. The first kappa shape index (κ1) is 22.6. The van der Waals surface area contributed by atoms with Gasteiger partial charge >= 0.3 is 0 Å². The van der Waals surface area contributed by atoms with E-state index < -0.39 is 23.0 Å². The van der Waals surface area contributed by atoms with Crippen molar-refractivity contribution in [3.8, 4) is 0 Å². The van der Waals surface area contributed by atoms with Crippen LogP contribution in [0.2, 0.25) is 0 Å². The van der Waals surface area contributed by atoms with E-state index in [0.29, 0.717) is 33.8 Å². The summed E-state index contributed by atoms with van der Waals surface area (Å²) in [5, 5.41) is 16.6. The van der Waals surface area contributed by atoms with E-state index >= 15 is 0 Å². The molecule has 6 nitrogen and oxygen atoms in total. The van der Waals surface area contributed by atoms with Crippen LogP contribution in [0.15, 0.2) is 18.2 Å². The normalized spacial score (nSPS) is 13.7. The molecule has 2 aromatic rings. The predicted octanol–water partition coefficient (Wildman–Crippen LogP) is 3.46. The topological polar surface area (TPSA) is 83.4 Å². The SMILES string of the molecule is Cc1cc(NC(=O)c2c(C)c(C(C)(O)C(=O)NC(C)(C)C)c(C)n2C)ccc1F. The number of aromatic nitrogens is 1. The van der Waals surface area contributed by atoms with Crippen molar-refractivity contribution in [2.45, 2.75) is 59.6 Å². The van der Waals surface area contributed by atoms with Crippen molar-refractivity contribution in [3.05, 3.63) is 52.1 Å². The number of aliphatic hydroxyl groups is 1. The number of carbonyl (C=O) groups excluding carboxylic acids is 2. The van der Waals surface area contributed by atoms with Gasteiger partial charge in [0.25, 0.3) is 11.8 Å². The highest BCUT2D eigenvalue weighted by atomic mass is 19.1. The molecule has 0 fully saturated rings. The molecule has 29 heavy (non-hydrogen) atoms. The van der Waals surface area contributed by atoms with Gasteiger partial charge in [-0.15, -0.1) is 0 Å². The Bertz CT molecular complexity index is 969. The second-order valence-electron chi connectivity index (χ2n) is 8.69. The Morgan fingerprint density at radius 3 is 2.21 bits per heavy atom. The lowest BCUT2D eigenvalue weighted by Gasteiger charge is -2.29. The second kappa shape index (κ2) is 7.63. The molecule has 3 N–H and O–H groups in total. The third-order valence-corrected chi connectivity index (χ3v) is 4.98. The summed E-state index contributed by atoms with van der Waals surface area (Å²) >= 11 is 0. The number of rotatable bonds is 4. The molecule has 0 spiro atoms. The fourth-order valence-corrected chi connectivity index (χ4v) is 3.51. The van der Waals surface area contributed by atoms with E-state index in [0.717, 1.165) is 0 Å². The Labute approximate surface area is 171 Å². The van der Waals surface area contributed by atoms with E-state index in [2.05, 4.69) is 10.6 Å². The quantitative estimate of drug-likeness (QED) is 0.731. The van der Waals surface area contributed by atoms with Gasteiger partial charge in [-0.25, -0.2) is 4.39 Å². The predicted molar refractivity (Wildman–Crippen MR) is 111 cm³/mol. The molecule has 2 rings (SSSR count). The van der Waals surface area contributed by atoms with Gasteiger partial charge in [-0.2, -0.15) is 0 Å². The Balaban J connectivity index is 2.45. The van der Waals surface area contributed by atoms with Gasteiger partial charge in [-0.05, 0) is 77.8 Å². The average Bonchev–Trinajstić information content (AvgIpc) is 2.79. The van der Waals surface area contributed by atoms with E-state index in [1.54, 1.807) is 38.5 Å². The monoisotopic (exact) mass is 403 g/mol. The number of carbonyl (C=O) groups is 2. The van der Waals surface area contributed by atoms with E-state index in [1.807, 2.05) is 20.8 Å². The molecule has 1 atom stereocenters. The molecular weight excluding hydrogens is 373 g/mol. The van der Waals surface area contributed by atoms with Crippen LogP contribution in [-0.4, -0.2) is 27.0 Å². The van der Waals surface area contributed by atoms with Crippen molar-refractivity contribution >= 4 is 17.5 Å². The Morgan fingerprint density at radius 2 is 1.69 bits per heavy atom. The second-order valence-corrected chi connectivity index (χ2v) is 8.69. The molecule has 7 heteroatoms. The fraction of sp³-hybridized carbons (Fsp3) is 0.455. The van der Waals surface area contributed by atoms with Gasteiger partial charge in [-0.1, -0.05) is 0 Å². The minimum Gasteiger partial charge on any atom is -0.375 e. The number of halogens is 1. The summed E-state index contributed by atoms with van der Waals surface area (Å²) in [4.78, 5) is 25.7. The van der Waals surface area contributed by atoms with Crippen molar-refractivity contribution in [2.24, 2.45) is 7.05 Å². The number of hydrogen-bond donors (Lipinski definition) is 3. The maximum absolute atomic E-state index is 13.5. The lowest BCUT2D eigenvalue weighted by Crippen LogP contribution is -2.50. The summed E-state index contributed by atoms with van der Waals surface area (Å²) in [5.74, 6) is -1.29. The molecule has 0 saturated carbocycles. The van der Waals surface area contributed by atoms with E-state index in [1.165, 1.54) is 19.1 Å². The Kier molecular flexibility index (Phi) is 5.95. The van der Waals surface area contributed by atoms with Crippen LogP contribution in [0.3, 0.4) is 0 Å². The van der Waals surface area contributed by atoms with Crippen LogP contribution in [0.1, 0.15) is 60.6 Å². The van der Waals surface area contributed by atoms with Crippen molar-refractivity contribution in [1.82, 2.24) is 9.88 Å². The summed E-state index contributed by atoms with van der Waals surface area (Å²) in [6.45, 7) is 12.0. The van der Waals surface area contributed by atoms with Crippen LogP contribution in [0, 0.1) is 26.6 Å². The highest BCUT2D eigenvalue weighted by molar-refractivity contribution is 6.05. The van der Waals surface area contributed by atoms with E-state index in [4.69, 9.17) is 0 Å². The molecular formula is C22H30FN3O3. The van der Waals surface area contributed by atoms with Crippen LogP contribution >= 0.6 is 0 Å². The van der Waals surface area contributed by atoms with Gasteiger partial charge in [0.05, 0.1) is 0 Å². The average molecular weight is 403 g/mol. The first-order valence-electron chi connectivity index (χ1n) is 9.45. The molecule has 1 heterocycles. The molecule has 0 aliphatic heterocycles. The first-order valence-corrected chi connectivity index (χ1v) is 9.45. The standard InChI is InChI=1S/C22H30FN3O3/c1-12-11-15(9-10-16(12)23)24-19(27)18-13(2)17(14(3)26(18)8)22(7,29)20(28)25-21(4,5)6/h9-11,29H,1-8H3,(H,24,27)(H,25,28).